The lowest BCUT2D eigenvalue weighted by atomic mass is 9.87. The maximum Gasteiger partial charge on any atom is 0.249 e. The summed E-state index contributed by atoms with van der Waals surface area (Å²) in [5, 5.41) is 24.8. The van der Waals surface area contributed by atoms with Gasteiger partial charge in [0.15, 0.2) is 0 Å². The minimum atomic E-state index is -1.20. The highest BCUT2D eigenvalue weighted by Crippen LogP contribution is 2.19. The van der Waals surface area contributed by atoms with E-state index in [1.165, 1.54) is 0 Å². The standard InChI is InChI=1S/C15H24N2O3/c1-15(2,11-18)13(19)14(20)17-10-6-9-16-12-7-4-3-5-8-12/h3-5,7-8,13,16,18-19H,6,9-11H2,1-2H3,(H,17,20)/t13-/m1/s1. The molecule has 0 aliphatic heterocycles. The first-order valence-corrected chi connectivity index (χ1v) is 6.83. The smallest absolute Gasteiger partial charge is 0.249 e. The van der Waals surface area contributed by atoms with Crippen molar-refractivity contribution in [2.75, 3.05) is 25.0 Å². The van der Waals surface area contributed by atoms with Crippen molar-refractivity contribution in [3.05, 3.63) is 30.3 Å². The summed E-state index contributed by atoms with van der Waals surface area (Å²) in [5.41, 5.74) is 0.215. The van der Waals surface area contributed by atoms with Gasteiger partial charge in [-0.3, -0.25) is 4.79 Å². The fourth-order valence-corrected chi connectivity index (χ4v) is 1.63. The quantitative estimate of drug-likeness (QED) is 0.535. The van der Waals surface area contributed by atoms with Crippen molar-refractivity contribution < 1.29 is 15.0 Å². The molecule has 0 saturated carbocycles. The van der Waals surface area contributed by atoms with Gasteiger partial charge in [-0.15, -0.1) is 0 Å². The second-order valence-electron chi connectivity index (χ2n) is 5.49. The zero-order valence-corrected chi connectivity index (χ0v) is 12.1. The lowest BCUT2D eigenvalue weighted by Crippen LogP contribution is -2.45. The molecule has 0 bridgehead atoms. The summed E-state index contributed by atoms with van der Waals surface area (Å²) in [4.78, 5) is 11.7. The zero-order valence-electron chi connectivity index (χ0n) is 12.1. The van der Waals surface area contributed by atoms with Crippen LogP contribution < -0.4 is 10.6 Å². The molecule has 1 atom stereocenters. The summed E-state index contributed by atoms with van der Waals surface area (Å²) >= 11 is 0. The van der Waals surface area contributed by atoms with Crippen molar-refractivity contribution in [2.24, 2.45) is 5.41 Å². The molecule has 1 aromatic carbocycles. The molecule has 20 heavy (non-hydrogen) atoms. The van der Waals surface area contributed by atoms with Crippen LogP contribution in [0.25, 0.3) is 0 Å². The number of aliphatic hydroxyl groups excluding tert-OH is 2. The molecule has 0 spiro atoms. The van der Waals surface area contributed by atoms with Gasteiger partial charge in [0.05, 0.1) is 6.61 Å². The largest absolute Gasteiger partial charge is 0.396 e. The lowest BCUT2D eigenvalue weighted by Gasteiger charge is -2.27. The van der Waals surface area contributed by atoms with E-state index in [0.29, 0.717) is 6.54 Å². The zero-order chi connectivity index (χ0) is 15.0. The van der Waals surface area contributed by atoms with Crippen molar-refractivity contribution in [1.29, 1.82) is 0 Å². The Morgan fingerprint density at radius 1 is 1.25 bits per heavy atom. The molecule has 0 aliphatic carbocycles. The Hall–Kier alpha value is -1.59. The molecule has 5 heteroatoms. The first-order chi connectivity index (χ1) is 9.47. The highest BCUT2D eigenvalue weighted by atomic mass is 16.3. The van der Waals surface area contributed by atoms with Crippen LogP contribution in [0.1, 0.15) is 20.3 Å². The number of carbonyl (C=O) groups excluding carboxylic acids is 1. The third kappa shape index (κ3) is 5.19. The Morgan fingerprint density at radius 2 is 1.90 bits per heavy atom. The third-order valence-corrected chi connectivity index (χ3v) is 3.15. The van der Waals surface area contributed by atoms with Crippen molar-refractivity contribution in [2.45, 2.75) is 26.4 Å². The number of carbonyl (C=O) groups is 1. The highest BCUT2D eigenvalue weighted by Gasteiger charge is 2.32. The Labute approximate surface area is 120 Å². The molecule has 0 radical (unpaired) electrons. The molecular formula is C15H24N2O3. The molecule has 0 aliphatic rings. The Kier molecular flexibility index (Phi) is 6.48. The topological polar surface area (TPSA) is 81.6 Å². The van der Waals surface area contributed by atoms with Crippen LogP contribution in [0.15, 0.2) is 30.3 Å². The monoisotopic (exact) mass is 280 g/mol. The van der Waals surface area contributed by atoms with E-state index in [9.17, 15) is 9.90 Å². The molecule has 0 unspecified atom stereocenters. The maximum atomic E-state index is 11.7. The number of anilines is 1. The van der Waals surface area contributed by atoms with Gasteiger partial charge in [-0.25, -0.2) is 0 Å². The van der Waals surface area contributed by atoms with Crippen LogP contribution in [0.3, 0.4) is 0 Å². The maximum absolute atomic E-state index is 11.7. The highest BCUT2D eigenvalue weighted by molar-refractivity contribution is 5.81. The second kappa shape index (κ2) is 7.87. The van der Waals surface area contributed by atoms with Gasteiger partial charge in [-0.2, -0.15) is 0 Å². The summed E-state index contributed by atoms with van der Waals surface area (Å²) in [6.45, 7) is 4.28. The van der Waals surface area contributed by atoms with Crippen LogP contribution in [0.4, 0.5) is 5.69 Å². The van der Waals surface area contributed by atoms with Gasteiger partial charge in [0.2, 0.25) is 5.91 Å². The van der Waals surface area contributed by atoms with Crippen molar-refractivity contribution in [3.63, 3.8) is 0 Å². The first kappa shape index (κ1) is 16.5. The predicted molar refractivity (Wildman–Crippen MR) is 79.4 cm³/mol. The van der Waals surface area contributed by atoms with Crippen LogP contribution in [-0.4, -0.2) is 41.9 Å². The summed E-state index contributed by atoms with van der Waals surface area (Å²) in [7, 11) is 0. The van der Waals surface area contributed by atoms with Gasteiger partial charge < -0.3 is 20.8 Å². The molecular weight excluding hydrogens is 256 g/mol. The van der Waals surface area contributed by atoms with E-state index < -0.39 is 17.4 Å². The molecule has 0 fully saturated rings. The number of amides is 1. The van der Waals surface area contributed by atoms with Gasteiger partial charge >= 0.3 is 0 Å². The van der Waals surface area contributed by atoms with Crippen molar-refractivity contribution >= 4 is 11.6 Å². The summed E-state index contributed by atoms with van der Waals surface area (Å²) < 4.78 is 0. The summed E-state index contributed by atoms with van der Waals surface area (Å²) in [6.07, 6.45) is -0.443. The van der Waals surface area contributed by atoms with Crippen LogP contribution in [-0.2, 0) is 4.79 Å². The normalized spacial score (nSPS) is 12.8. The average molecular weight is 280 g/mol. The van der Waals surface area contributed by atoms with Crippen LogP contribution in [0, 0.1) is 5.41 Å². The third-order valence-electron chi connectivity index (χ3n) is 3.15. The second-order valence-corrected chi connectivity index (χ2v) is 5.49. The number of hydrogen-bond acceptors (Lipinski definition) is 4. The number of aliphatic hydroxyl groups is 2. The SMILES string of the molecule is CC(C)(CO)[C@H](O)C(=O)NCCCNc1ccccc1. The molecule has 0 aromatic heterocycles. The van der Waals surface area contributed by atoms with Crippen molar-refractivity contribution in [1.82, 2.24) is 5.32 Å². The van der Waals surface area contributed by atoms with E-state index in [2.05, 4.69) is 10.6 Å². The summed E-state index contributed by atoms with van der Waals surface area (Å²) in [6, 6.07) is 9.82. The predicted octanol–water partition coefficient (Wildman–Crippen LogP) is 0.984. The molecule has 1 amide bonds. The molecule has 5 nitrogen and oxygen atoms in total. The number of hydrogen-bond donors (Lipinski definition) is 4. The van der Waals surface area contributed by atoms with E-state index in [1.54, 1.807) is 13.8 Å². The summed E-state index contributed by atoms with van der Waals surface area (Å²) in [5.74, 6) is -0.441. The van der Waals surface area contributed by atoms with Gasteiger partial charge in [0.25, 0.3) is 0 Å². The number of benzene rings is 1. The molecule has 4 N–H and O–H groups in total. The molecule has 1 aromatic rings. The number of nitrogens with one attached hydrogen (secondary N) is 2. The van der Waals surface area contributed by atoms with Gasteiger partial charge in [0.1, 0.15) is 6.10 Å². The van der Waals surface area contributed by atoms with Gasteiger partial charge in [-0.05, 0) is 18.6 Å². The fourth-order valence-electron chi connectivity index (χ4n) is 1.63. The minimum Gasteiger partial charge on any atom is -0.396 e. The van der Waals surface area contributed by atoms with E-state index in [0.717, 1.165) is 18.7 Å². The molecule has 1 rings (SSSR count). The average Bonchev–Trinajstić information content (AvgIpc) is 2.47. The molecule has 0 saturated heterocycles. The Bertz CT molecular complexity index is 407. The van der Waals surface area contributed by atoms with E-state index >= 15 is 0 Å². The van der Waals surface area contributed by atoms with Crippen LogP contribution >= 0.6 is 0 Å². The van der Waals surface area contributed by atoms with Crippen LogP contribution in [0.5, 0.6) is 0 Å². The number of rotatable bonds is 8. The first-order valence-electron chi connectivity index (χ1n) is 6.83. The molecule has 112 valence electrons. The Balaban J connectivity index is 2.19. The minimum absolute atomic E-state index is 0.239. The van der Waals surface area contributed by atoms with Crippen LogP contribution in [0.2, 0.25) is 0 Å². The Morgan fingerprint density at radius 3 is 2.50 bits per heavy atom. The van der Waals surface area contributed by atoms with Crippen molar-refractivity contribution in [3.8, 4) is 0 Å². The van der Waals surface area contributed by atoms with E-state index in [-0.39, 0.29) is 6.61 Å². The van der Waals surface area contributed by atoms with E-state index in [4.69, 9.17) is 5.11 Å². The fraction of sp³-hybridized carbons (Fsp3) is 0.533. The van der Waals surface area contributed by atoms with E-state index in [1.807, 2.05) is 30.3 Å². The molecule has 0 heterocycles. The lowest BCUT2D eigenvalue weighted by molar-refractivity contribution is -0.137. The van der Waals surface area contributed by atoms with Gasteiger partial charge in [0, 0.05) is 24.2 Å². The number of para-hydroxylation sites is 1. The van der Waals surface area contributed by atoms with Gasteiger partial charge in [-0.1, -0.05) is 32.0 Å².